The van der Waals surface area contributed by atoms with Crippen molar-refractivity contribution in [3.05, 3.63) is 24.3 Å². The van der Waals surface area contributed by atoms with Crippen LogP contribution in [-0.4, -0.2) is 11.6 Å². The van der Waals surface area contributed by atoms with Gasteiger partial charge in [-0.15, -0.1) is 0 Å². The molecule has 0 heterocycles. The molecule has 0 aromatic heterocycles. The largest absolute Gasteiger partial charge is 0.295 e. The average molecular weight is 208 g/mol. The normalized spacial score (nSPS) is 12.9. The minimum atomic E-state index is -0.355. The summed E-state index contributed by atoms with van der Waals surface area (Å²) in [7, 11) is 0. The van der Waals surface area contributed by atoms with Crippen LogP contribution >= 0.6 is 0 Å². The predicted molar refractivity (Wildman–Crippen MR) is 62.6 cm³/mol. The first-order valence-electron chi connectivity index (χ1n) is 5.18. The fraction of sp³-hybridized carbons (Fsp3) is 0.538. The van der Waals surface area contributed by atoms with Crippen molar-refractivity contribution in [2.75, 3.05) is 0 Å². The van der Waals surface area contributed by atoms with Gasteiger partial charge >= 0.3 is 0 Å². The topological polar surface area (TPSA) is 34.1 Å². The molecule has 0 fully saturated rings. The zero-order valence-corrected chi connectivity index (χ0v) is 10.2. The molecule has 0 spiro atoms. The van der Waals surface area contributed by atoms with E-state index in [-0.39, 0.29) is 22.9 Å². The summed E-state index contributed by atoms with van der Waals surface area (Å²) in [6.45, 7) is 9.28. The third-order valence-electron chi connectivity index (χ3n) is 1.93. The standard InChI is InChI=1S/C13H20O2/c1-10(2)11(14)8-6-7-9-12(15)13(3,4)5/h6-10H,1-5H3. The summed E-state index contributed by atoms with van der Waals surface area (Å²) in [4.78, 5) is 22.6. The SMILES string of the molecule is CC(C)C(=O)C=CC=CC(=O)C(C)(C)C. The first-order chi connectivity index (χ1) is 6.75. The summed E-state index contributed by atoms with van der Waals surface area (Å²) in [6, 6.07) is 0. The molecule has 0 unspecified atom stereocenters. The molecule has 0 aromatic carbocycles. The molecule has 84 valence electrons. The van der Waals surface area contributed by atoms with Gasteiger partial charge in [-0.2, -0.15) is 0 Å². The Hall–Kier alpha value is -1.18. The molecule has 15 heavy (non-hydrogen) atoms. The van der Waals surface area contributed by atoms with Crippen molar-refractivity contribution >= 4 is 11.6 Å². The number of ketones is 2. The lowest BCUT2D eigenvalue weighted by Crippen LogP contribution is -2.17. The number of rotatable bonds is 4. The highest BCUT2D eigenvalue weighted by Crippen LogP contribution is 2.14. The third kappa shape index (κ3) is 6.00. The molecule has 0 aliphatic rings. The molecule has 0 aliphatic heterocycles. The van der Waals surface area contributed by atoms with Gasteiger partial charge < -0.3 is 0 Å². The zero-order chi connectivity index (χ0) is 12.1. The molecular weight excluding hydrogens is 188 g/mol. The summed E-state index contributed by atoms with van der Waals surface area (Å²) in [5, 5.41) is 0. The fourth-order valence-corrected chi connectivity index (χ4v) is 0.736. The van der Waals surface area contributed by atoms with E-state index in [1.165, 1.54) is 12.2 Å². The van der Waals surface area contributed by atoms with Crippen LogP contribution in [0.4, 0.5) is 0 Å². The highest BCUT2D eigenvalue weighted by Gasteiger charge is 2.17. The van der Waals surface area contributed by atoms with Crippen LogP contribution in [0, 0.1) is 11.3 Å². The number of carbonyl (C=O) groups excluding carboxylic acids is 2. The fourth-order valence-electron chi connectivity index (χ4n) is 0.736. The monoisotopic (exact) mass is 208 g/mol. The lowest BCUT2D eigenvalue weighted by molar-refractivity contribution is -0.121. The molecule has 0 saturated carbocycles. The Balaban J connectivity index is 4.23. The second kappa shape index (κ2) is 5.64. The van der Waals surface area contributed by atoms with E-state index in [4.69, 9.17) is 0 Å². The van der Waals surface area contributed by atoms with Gasteiger partial charge in [-0.3, -0.25) is 9.59 Å². The second-order valence-electron chi connectivity index (χ2n) is 4.89. The van der Waals surface area contributed by atoms with Crippen molar-refractivity contribution in [1.29, 1.82) is 0 Å². The molecule has 0 atom stereocenters. The minimum Gasteiger partial charge on any atom is -0.295 e. The van der Waals surface area contributed by atoms with Crippen molar-refractivity contribution in [3.8, 4) is 0 Å². The predicted octanol–water partition coefficient (Wildman–Crippen LogP) is 2.94. The van der Waals surface area contributed by atoms with Crippen LogP contribution in [-0.2, 0) is 9.59 Å². The molecule has 0 saturated heterocycles. The Morgan fingerprint density at radius 2 is 1.47 bits per heavy atom. The summed E-state index contributed by atoms with van der Waals surface area (Å²) >= 11 is 0. The van der Waals surface area contributed by atoms with Gasteiger partial charge in [-0.25, -0.2) is 0 Å². The van der Waals surface area contributed by atoms with E-state index in [9.17, 15) is 9.59 Å². The number of allylic oxidation sites excluding steroid dienone is 4. The van der Waals surface area contributed by atoms with Gasteiger partial charge in [0.05, 0.1) is 0 Å². The van der Waals surface area contributed by atoms with Gasteiger partial charge in [0.2, 0.25) is 0 Å². The van der Waals surface area contributed by atoms with E-state index in [0.717, 1.165) is 0 Å². The second-order valence-corrected chi connectivity index (χ2v) is 4.89. The molecule has 0 radical (unpaired) electrons. The molecule has 0 rings (SSSR count). The van der Waals surface area contributed by atoms with Crippen LogP contribution in [0.1, 0.15) is 34.6 Å². The molecule has 0 bridgehead atoms. The van der Waals surface area contributed by atoms with Gasteiger partial charge in [0.1, 0.15) is 0 Å². The Bertz CT molecular complexity index is 288. The highest BCUT2D eigenvalue weighted by molar-refractivity contribution is 5.95. The maximum Gasteiger partial charge on any atom is 0.160 e. The third-order valence-corrected chi connectivity index (χ3v) is 1.93. The van der Waals surface area contributed by atoms with Crippen LogP contribution in [0.15, 0.2) is 24.3 Å². The number of hydrogen-bond acceptors (Lipinski definition) is 2. The van der Waals surface area contributed by atoms with E-state index in [1.54, 1.807) is 12.2 Å². The minimum absolute atomic E-state index is 0.00738. The Morgan fingerprint density at radius 1 is 1.00 bits per heavy atom. The van der Waals surface area contributed by atoms with Crippen molar-refractivity contribution in [2.24, 2.45) is 11.3 Å². The van der Waals surface area contributed by atoms with Crippen LogP contribution in [0.3, 0.4) is 0 Å². The molecular formula is C13H20O2. The van der Waals surface area contributed by atoms with E-state index >= 15 is 0 Å². The van der Waals surface area contributed by atoms with Crippen molar-refractivity contribution in [1.82, 2.24) is 0 Å². The smallest absolute Gasteiger partial charge is 0.160 e. The summed E-state index contributed by atoms with van der Waals surface area (Å²) in [6.07, 6.45) is 6.24. The van der Waals surface area contributed by atoms with Crippen LogP contribution in [0.2, 0.25) is 0 Å². The van der Waals surface area contributed by atoms with Gasteiger partial charge in [0.15, 0.2) is 11.6 Å². The molecule has 0 aliphatic carbocycles. The zero-order valence-electron chi connectivity index (χ0n) is 10.2. The van der Waals surface area contributed by atoms with E-state index in [1.807, 2.05) is 34.6 Å². The van der Waals surface area contributed by atoms with Gasteiger partial charge in [-0.1, -0.05) is 46.8 Å². The van der Waals surface area contributed by atoms with Gasteiger partial charge in [0, 0.05) is 11.3 Å². The van der Waals surface area contributed by atoms with Crippen molar-refractivity contribution < 1.29 is 9.59 Å². The Kier molecular flexibility index (Phi) is 5.20. The lowest BCUT2D eigenvalue weighted by Gasteiger charge is -2.12. The van der Waals surface area contributed by atoms with Crippen LogP contribution in [0.5, 0.6) is 0 Å². The first-order valence-corrected chi connectivity index (χ1v) is 5.18. The van der Waals surface area contributed by atoms with Crippen molar-refractivity contribution in [2.45, 2.75) is 34.6 Å². The number of hydrogen-bond donors (Lipinski definition) is 0. The van der Waals surface area contributed by atoms with E-state index in [0.29, 0.717) is 0 Å². The van der Waals surface area contributed by atoms with E-state index in [2.05, 4.69) is 0 Å². The maximum atomic E-state index is 11.4. The molecule has 0 aromatic rings. The van der Waals surface area contributed by atoms with E-state index < -0.39 is 0 Å². The Morgan fingerprint density at radius 3 is 1.87 bits per heavy atom. The maximum absolute atomic E-state index is 11.4. The Labute approximate surface area is 92.1 Å². The molecule has 0 N–H and O–H groups in total. The molecule has 2 heteroatoms. The number of carbonyl (C=O) groups is 2. The molecule has 0 amide bonds. The summed E-state index contributed by atoms with van der Waals surface area (Å²) < 4.78 is 0. The first kappa shape index (κ1) is 13.8. The quantitative estimate of drug-likeness (QED) is 0.526. The highest BCUT2D eigenvalue weighted by atomic mass is 16.1. The van der Waals surface area contributed by atoms with Gasteiger partial charge in [0.25, 0.3) is 0 Å². The van der Waals surface area contributed by atoms with Crippen LogP contribution in [0.25, 0.3) is 0 Å². The summed E-state index contributed by atoms with van der Waals surface area (Å²) in [5.74, 6) is 0.139. The van der Waals surface area contributed by atoms with Gasteiger partial charge in [-0.05, 0) is 12.2 Å². The lowest BCUT2D eigenvalue weighted by atomic mass is 9.91. The molecule has 2 nitrogen and oxygen atoms in total. The van der Waals surface area contributed by atoms with Crippen LogP contribution < -0.4 is 0 Å². The summed E-state index contributed by atoms with van der Waals surface area (Å²) in [5.41, 5.74) is -0.355. The average Bonchev–Trinajstić information content (AvgIpc) is 2.09. The van der Waals surface area contributed by atoms with Crippen molar-refractivity contribution in [3.63, 3.8) is 0 Å².